The molecular formula is C30H43N5O7S. The standard InChI is InChI=1S/C30H43N5O7S/c1-19(33-29(39)23(31)14-21-10-11-25(41-2)26(16-21)42-3)28(38)32-17-27(37)35-24(15-20-8-6-5-7-9-20)30(40)34-22(18-36)12-13-43-4/h5-11,16,19,22-24,36H,12-15,17-18,31H2,1-4H3,(H,32,38)(H,33,39)(H,34,40)(H,35,37)/t19-,22+,23+,24+/m1/s1. The zero-order chi connectivity index (χ0) is 31.8. The molecule has 0 bridgehead atoms. The van der Waals surface area contributed by atoms with Gasteiger partial charge in [0.25, 0.3) is 0 Å². The minimum Gasteiger partial charge on any atom is -0.493 e. The second kappa shape index (κ2) is 18.7. The Balaban J connectivity index is 1.92. The van der Waals surface area contributed by atoms with Crippen LogP contribution in [0.3, 0.4) is 0 Å². The normalized spacial score (nSPS) is 13.5. The van der Waals surface area contributed by atoms with Crippen molar-refractivity contribution in [3.8, 4) is 11.5 Å². The molecule has 13 heteroatoms. The number of carbonyl (C=O) groups excluding carboxylic acids is 4. The summed E-state index contributed by atoms with van der Waals surface area (Å²) in [4.78, 5) is 51.1. The molecule has 0 saturated carbocycles. The van der Waals surface area contributed by atoms with Crippen molar-refractivity contribution in [3.63, 3.8) is 0 Å². The second-order valence-corrected chi connectivity index (χ2v) is 10.9. The molecule has 236 valence electrons. The van der Waals surface area contributed by atoms with Crippen LogP contribution in [0.2, 0.25) is 0 Å². The van der Waals surface area contributed by atoms with Gasteiger partial charge in [-0.05, 0) is 55.0 Å². The fourth-order valence-corrected chi connectivity index (χ4v) is 4.66. The second-order valence-electron chi connectivity index (χ2n) is 9.93. The third kappa shape index (κ3) is 12.1. The van der Waals surface area contributed by atoms with Crippen LogP contribution < -0.4 is 36.5 Å². The lowest BCUT2D eigenvalue weighted by atomic mass is 10.0. The van der Waals surface area contributed by atoms with E-state index in [2.05, 4.69) is 21.3 Å². The van der Waals surface area contributed by atoms with Crippen molar-refractivity contribution in [2.75, 3.05) is 39.4 Å². The minimum absolute atomic E-state index is 0.197. The van der Waals surface area contributed by atoms with Crippen LogP contribution in [0.1, 0.15) is 24.5 Å². The molecule has 7 N–H and O–H groups in total. The number of aliphatic hydroxyl groups excluding tert-OH is 1. The monoisotopic (exact) mass is 617 g/mol. The Bertz CT molecular complexity index is 1200. The van der Waals surface area contributed by atoms with Gasteiger partial charge in [0.15, 0.2) is 11.5 Å². The van der Waals surface area contributed by atoms with Crippen LogP contribution >= 0.6 is 11.8 Å². The first kappa shape index (κ1) is 35.4. The third-order valence-electron chi connectivity index (χ3n) is 6.59. The van der Waals surface area contributed by atoms with Gasteiger partial charge in [-0.1, -0.05) is 36.4 Å². The first-order chi connectivity index (χ1) is 20.6. The Morgan fingerprint density at radius 1 is 0.884 bits per heavy atom. The Kier molecular flexibility index (Phi) is 15.4. The third-order valence-corrected chi connectivity index (χ3v) is 7.23. The number of benzene rings is 2. The number of carbonyl (C=O) groups is 4. The predicted octanol–water partition coefficient (Wildman–Crippen LogP) is 0.152. The molecular weight excluding hydrogens is 574 g/mol. The number of hydrogen-bond donors (Lipinski definition) is 6. The molecule has 0 saturated heterocycles. The van der Waals surface area contributed by atoms with Crippen molar-refractivity contribution in [1.82, 2.24) is 21.3 Å². The molecule has 2 rings (SSSR count). The molecule has 4 atom stereocenters. The van der Waals surface area contributed by atoms with Crippen molar-refractivity contribution in [2.24, 2.45) is 5.73 Å². The first-order valence-corrected chi connectivity index (χ1v) is 15.3. The van der Waals surface area contributed by atoms with Gasteiger partial charge >= 0.3 is 0 Å². The summed E-state index contributed by atoms with van der Waals surface area (Å²) in [5.41, 5.74) is 7.64. The summed E-state index contributed by atoms with van der Waals surface area (Å²) in [7, 11) is 3.03. The summed E-state index contributed by atoms with van der Waals surface area (Å²) in [6.07, 6.45) is 2.93. The van der Waals surface area contributed by atoms with E-state index < -0.39 is 54.3 Å². The highest BCUT2D eigenvalue weighted by atomic mass is 32.2. The van der Waals surface area contributed by atoms with Crippen molar-refractivity contribution in [3.05, 3.63) is 59.7 Å². The van der Waals surface area contributed by atoms with E-state index in [1.807, 2.05) is 36.6 Å². The lowest BCUT2D eigenvalue weighted by Gasteiger charge is -2.23. The van der Waals surface area contributed by atoms with Crippen LogP contribution in [-0.2, 0) is 32.0 Å². The molecule has 4 amide bonds. The summed E-state index contributed by atoms with van der Waals surface area (Å²) in [5, 5.41) is 20.2. The van der Waals surface area contributed by atoms with Crippen molar-refractivity contribution in [2.45, 2.75) is 50.4 Å². The molecule has 2 aromatic carbocycles. The quantitative estimate of drug-likeness (QED) is 0.136. The maximum Gasteiger partial charge on any atom is 0.243 e. The van der Waals surface area contributed by atoms with E-state index in [0.717, 1.165) is 16.9 Å². The number of nitrogens with two attached hydrogens (primary N) is 1. The summed E-state index contributed by atoms with van der Waals surface area (Å²) >= 11 is 1.60. The van der Waals surface area contributed by atoms with Crippen LogP contribution in [0.5, 0.6) is 11.5 Å². The van der Waals surface area contributed by atoms with Gasteiger partial charge in [0.2, 0.25) is 23.6 Å². The van der Waals surface area contributed by atoms with Crippen LogP contribution in [0.15, 0.2) is 48.5 Å². The van der Waals surface area contributed by atoms with Gasteiger partial charge in [-0.25, -0.2) is 0 Å². The van der Waals surface area contributed by atoms with E-state index in [1.54, 1.807) is 30.0 Å². The van der Waals surface area contributed by atoms with Gasteiger partial charge < -0.3 is 41.6 Å². The molecule has 0 aliphatic carbocycles. The zero-order valence-corrected chi connectivity index (χ0v) is 25.9. The highest BCUT2D eigenvalue weighted by molar-refractivity contribution is 7.98. The van der Waals surface area contributed by atoms with E-state index in [1.165, 1.54) is 21.1 Å². The highest BCUT2D eigenvalue weighted by Crippen LogP contribution is 2.27. The molecule has 0 aliphatic heterocycles. The first-order valence-electron chi connectivity index (χ1n) is 13.9. The highest BCUT2D eigenvalue weighted by Gasteiger charge is 2.25. The maximum atomic E-state index is 13.0. The smallest absolute Gasteiger partial charge is 0.243 e. The van der Waals surface area contributed by atoms with Gasteiger partial charge in [0, 0.05) is 6.42 Å². The topological polar surface area (TPSA) is 181 Å². The van der Waals surface area contributed by atoms with E-state index in [9.17, 15) is 24.3 Å². The maximum absolute atomic E-state index is 13.0. The molecule has 0 heterocycles. The molecule has 0 spiro atoms. The number of aliphatic hydroxyl groups is 1. The molecule has 0 fully saturated rings. The number of methoxy groups -OCH3 is 2. The van der Waals surface area contributed by atoms with E-state index >= 15 is 0 Å². The number of ether oxygens (including phenoxy) is 2. The summed E-state index contributed by atoms with van der Waals surface area (Å²) in [5.74, 6) is -0.351. The minimum atomic E-state index is -0.970. The summed E-state index contributed by atoms with van der Waals surface area (Å²) in [6.45, 7) is 0.838. The van der Waals surface area contributed by atoms with Gasteiger partial charge in [-0.2, -0.15) is 11.8 Å². The molecule has 43 heavy (non-hydrogen) atoms. The van der Waals surface area contributed by atoms with E-state index in [4.69, 9.17) is 15.2 Å². The summed E-state index contributed by atoms with van der Waals surface area (Å²) < 4.78 is 10.5. The largest absolute Gasteiger partial charge is 0.493 e. The van der Waals surface area contributed by atoms with Gasteiger partial charge in [-0.15, -0.1) is 0 Å². The average molecular weight is 618 g/mol. The molecule has 12 nitrogen and oxygen atoms in total. The van der Waals surface area contributed by atoms with Crippen molar-refractivity contribution in [1.29, 1.82) is 0 Å². The van der Waals surface area contributed by atoms with Gasteiger partial charge in [0.05, 0.1) is 39.5 Å². The van der Waals surface area contributed by atoms with Crippen LogP contribution in [0, 0.1) is 0 Å². The fraction of sp³-hybridized carbons (Fsp3) is 0.467. The van der Waals surface area contributed by atoms with Crippen molar-refractivity contribution < 1.29 is 33.8 Å². The lowest BCUT2D eigenvalue weighted by molar-refractivity contribution is -0.131. The summed E-state index contributed by atoms with van der Waals surface area (Å²) in [6, 6.07) is 11.1. The SMILES string of the molecule is COc1ccc(C[C@H](N)C(=O)N[C@H](C)C(=O)NCC(=O)N[C@@H](Cc2ccccc2)C(=O)N[C@H](CO)CCSC)cc1OC. The fourth-order valence-electron chi connectivity index (χ4n) is 4.14. The molecule has 0 aromatic heterocycles. The number of rotatable bonds is 18. The van der Waals surface area contributed by atoms with Gasteiger partial charge in [0.1, 0.15) is 12.1 Å². The molecule has 0 aliphatic rings. The lowest BCUT2D eigenvalue weighted by Crippen LogP contribution is -2.54. The van der Waals surface area contributed by atoms with Crippen LogP contribution in [0.4, 0.5) is 0 Å². The predicted molar refractivity (Wildman–Crippen MR) is 166 cm³/mol. The molecule has 0 unspecified atom stereocenters. The average Bonchev–Trinajstić information content (AvgIpc) is 3.01. The Morgan fingerprint density at radius 3 is 2.21 bits per heavy atom. The Hall–Kier alpha value is -3.81. The Labute approximate surface area is 256 Å². The number of nitrogens with one attached hydrogen (secondary N) is 4. The number of hydrogen-bond acceptors (Lipinski definition) is 9. The van der Waals surface area contributed by atoms with Crippen molar-refractivity contribution >= 4 is 35.4 Å². The molecule has 0 radical (unpaired) electrons. The van der Waals surface area contributed by atoms with E-state index in [0.29, 0.717) is 17.9 Å². The zero-order valence-electron chi connectivity index (χ0n) is 25.1. The number of thioether (sulfide) groups is 1. The van der Waals surface area contributed by atoms with Crippen LogP contribution in [0.25, 0.3) is 0 Å². The Morgan fingerprint density at radius 2 is 1.58 bits per heavy atom. The van der Waals surface area contributed by atoms with E-state index in [-0.39, 0.29) is 19.4 Å². The van der Waals surface area contributed by atoms with Gasteiger partial charge in [-0.3, -0.25) is 19.2 Å². The molecule has 2 aromatic rings. The van der Waals surface area contributed by atoms with Crippen LogP contribution in [-0.4, -0.2) is 92.3 Å². The number of amides is 4.